The average molecular weight is 391 g/mol. The normalized spacial score (nSPS) is 14.1. The molecule has 1 aliphatic rings. The Bertz CT molecular complexity index is 777. The van der Waals surface area contributed by atoms with Crippen molar-refractivity contribution < 1.29 is 14.0 Å². The van der Waals surface area contributed by atoms with E-state index in [9.17, 15) is 14.0 Å². The first-order chi connectivity index (χ1) is 11.5. The van der Waals surface area contributed by atoms with Crippen molar-refractivity contribution in [3.8, 4) is 0 Å². The SMILES string of the molecule is O=C(NCc1ccc(N2CCCC2=O)cc1)c1ccc(F)cc1Br. The summed E-state index contributed by atoms with van der Waals surface area (Å²) in [4.78, 5) is 25.7. The van der Waals surface area contributed by atoms with Gasteiger partial charge in [-0.05, 0) is 58.2 Å². The number of rotatable bonds is 4. The largest absolute Gasteiger partial charge is 0.348 e. The molecule has 0 saturated carbocycles. The van der Waals surface area contributed by atoms with Gasteiger partial charge in [0.2, 0.25) is 5.91 Å². The lowest BCUT2D eigenvalue weighted by Gasteiger charge is -2.16. The van der Waals surface area contributed by atoms with E-state index < -0.39 is 5.82 Å². The Morgan fingerprint density at radius 1 is 1.21 bits per heavy atom. The molecule has 0 unspecified atom stereocenters. The van der Waals surface area contributed by atoms with Crippen LogP contribution in [0.1, 0.15) is 28.8 Å². The zero-order valence-corrected chi connectivity index (χ0v) is 14.5. The van der Waals surface area contributed by atoms with E-state index in [2.05, 4.69) is 21.2 Å². The molecule has 1 aliphatic heterocycles. The minimum Gasteiger partial charge on any atom is -0.348 e. The molecule has 0 bridgehead atoms. The quantitative estimate of drug-likeness (QED) is 0.865. The Hall–Kier alpha value is -2.21. The summed E-state index contributed by atoms with van der Waals surface area (Å²) in [5.74, 6) is -0.525. The van der Waals surface area contributed by atoms with Gasteiger partial charge >= 0.3 is 0 Å². The van der Waals surface area contributed by atoms with E-state index >= 15 is 0 Å². The third kappa shape index (κ3) is 3.64. The molecule has 124 valence electrons. The second-order valence-corrected chi connectivity index (χ2v) is 6.48. The topological polar surface area (TPSA) is 49.4 Å². The highest BCUT2D eigenvalue weighted by Gasteiger charge is 2.21. The molecular formula is C18H16BrFN2O2. The van der Waals surface area contributed by atoms with Gasteiger partial charge in [-0.25, -0.2) is 4.39 Å². The van der Waals surface area contributed by atoms with Crippen LogP contribution >= 0.6 is 15.9 Å². The smallest absolute Gasteiger partial charge is 0.252 e. The Morgan fingerprint density at radius 2 is 1.96 bits per heavy atom. The minimum absolute atomic E-state index is 0.150. The summed E-state index contributed by atoms with van der Waals surface area (Å²) >= 11 is 3.19. The maximum Gasteiger partial charge on any atom is 0.252 e. The van der Waals surface area contributed by atoms with Gasteiger partial charge in [0.15, 0.2) is 0 Å². The number of amides is 2. The van der Waals surface area contributed by atoms with E-state index in [4.69, 9.17) is 0 Å². The number of carbonyl (C=O) groups excluding carboxylic acids is 2. The number of hydrogen-bond donors (Lipinski definition) is 1. The average Bonchev–Trinajstić information content (AvgIpc) is 2.99. The summed E-state index contributed by atoms with van der Waals surface area (Å²) in [7, 11) is 0. The van der Waals surface area contributed by atoms with Crippen LogP contribution in [0.2, 0.25) is 0 Å². The van der Waals surface area contributed by atoms with Crippen molar-refractivity contribution in [2.45, 2.75) is 19.4 Å². The number of anilines is 1. The molecule has 3 rings (SSSR count). The van der Waals surface area contributed by atoms with Crippen molar-refractivity contribution >= 4 is 33.4 Å². The van der Waals surface area contributed by atoms with Crippen LogP contribution in [-0.2, 0) is 11.3 Å². The summed E-state index contributed by atoms with van der Waals surface area (Å²) in [6.07, 6.45) is 1.49. The van der Waals surface area contributed by atoms with Crippen molar-refractivity contribution in [2.24, 2.45) is 0 Å². The third-order valence-electron chi connectivity index (χ3n) is 3.95. The summed E-state index contributed by atoms with van der Waals surface area (Å²) in [5.41, 5.74) is 2.20. The van der Waals surface area contributed by atoms with Gasteiger partial charge in [-0.1, -0.05) is 12.1 Å². The number of nitrogens with zero attached hydrogens (tertiary/aromatic N) is 1. The second-order valence-electron chi connectivity index (χ2n) is 5.62. The van der Waals surface area contributed by atoms with Crippen molar-refractivity contribution in [2.75, 3.05) is 11.4 Å². The molecule has 2 aromatic rings. The van der Waals surface area contributed by atoms with Gasteiger partial charge in [0.25, 0.3) is 5.91 Å². The van der Waals surface area contributed by atoms with Crippen LogP contribution < -0.4 is 10.2 Å². The molecule has 2 amide bonds. The highest BCUT2D eigenvalue weighted by molar-refractivity contribution is 9.10. The van der Waals surface area contributed by atoms with E-state index in [1.165, 1.54) is 18.2 Å². The highest BCUT2D eigenvalue weighted by atomic mass is 79.9. The fourth-order valence-corrected chi connectivity index (χ4v) is 3.20. The number of hydrogen-bond acceptors (Lipinski definition) is 2. The lowest BCUT2D eigenvalue weighted by atomic mass is 10.1. The van der Waals surface area contributed by atoms with Gasteiger partial charge in [-0.3, -0.25) is 9.59 Å². The Morgan fingerprint density at radius 3 is 2.58 bits per heavy atom. The molecule has 0 radical (unpaired) electrons. The molecule has 1 fully saturated rings. The molecule has 0 aliphatic carbocycles. The first-order valence-electron chi connectivity index (χ1n) is 7.67. The number of nitrogens with one attached hydrogen (secondary N) is 1. The fourth-order valence-electron chi connectivity index (χ4n) is 2.67. The summed E-state index contributed by atoms with van der Waals surface area (Å²) in [5, 5.41) is 2.80. The molecule has 0 atom stereocenters. The Balaban J connectivity index is 1.62. The maximum atomic E-state index is 13.1. The lowest BCUT2D eigenvalue weighted by Crippen LogP contribution is -2.24. The first-order valence-corrected chi connectivity index (χ1v) is 8.46. The van der Waals surface area contributed by atoms with Crippen molar-refractivity contribution in [1.29, 1.82) is 0 Å². The molecule has 24 heavy (non-hydrogen) atoms. The van der Waals surface area contributed by atoms with Crippen molar-refractivity contribution in [3.05, 3.63) is 63.9 Å². The van der Waals surface area contributed by atoms with Crippen LogP contribution in [0, 0.1) is 5.82 Å². The monoisotopic (exact) mass is 390 g/mol. The standard InChI is InChI=1S/C18H16BrFN2O2/c19-16-10-13(20)5-8-15(16)18(24)21-11-12-3-6-14(7-4-12)22-9-1-2-17(22)23/h3-8,10H,1-2,9,11H2,(H,21,24). The summed E-state index contributed by atoms with van der Waals surface area (Å²) in [6, 6.07) is 11.5. The van der Waals surface area contributed by atoms with Gasteiger partial charge in [-0.15, -0.1) is 0 Å². The van der Waals surface area contributed by atoms with Gasteiger partial charge in [-0.2, -0.15) is 0 Å². The maximum absolute atomic E-state index is 13.1. The molecule has 6 heteroatoms. The summed E-state index contributed by atoms with van der Waals surface area (Å²) in [6.45, 7) is 1.12. The van der Waals surface area contributed by atoms with Crippen LogP contribution in [0.4, 0.5) is 10.1 Å². The molecule has 1 heterocycles. The van der Waals surface area contributed by atoms with Crippen molar-refractivity contribution in [1.82, 2.24) is 5.32 Å². The number of halogens is 2. The first kappa shape index (κ1) is 16.6. The van der Waals surface area contributed by atoms with Gasteiger partial charge in [0.1, 0.15) is 5.82 Å². The number of carbonyl (C=O) groups is 2. The second kappa shape index (κ2) is 7.13. The lowest BCUT2D eigenvalue weighted by molar-refractivity contribution is -0.117. The van der Waals surface area contributed by atoms with Crippen LogP contribution in [0.3, 0.4) is 0 Å². The predicted molar refractivity (Wildman–Crippen MR) is 93.3 cm³/mol. The van der Waals surface area contributed by atoms with Crippen LogP contribution in [-0.4, -0.2) is 18.4 Å². The molecule has 0 spiro atoms. The zero-order chi connectivity index (χ0) is 17.1. The Labute approximate surface area is 147 Å². The van der Waals surface area contributed by atoms with Crippen LogP contribution in [0.25, 0.3) is 0 Å². The third-order valence-corrected chi connectivity index (χ3v) is 4.61. The molecule has 4 nitrogen and oxygen atoms in total. The van der Waals surface area contributed by atoms with Gasteiger partial charge in [0.05, 0.1) is 5.56 Å². The fraction of sp³-hybridized carbons (Fsp3) is 0.222. The van der Waals surface area contributed by atoms with E-state index in [1.807, 2.05) is 24.3 Å². The van der Waals surface area contributed by atoms with Crippen LogP contribution in [0.15, 0.2) is 46.9 Å². The Kier molecular flexibility index (Phi) is 4.94. The van der Waals surface area contributed by atoms with E-state index in [0.717, 1.165) is 24.2 Å². The molecule has 1 N–H and O–H groups in total. The molecule has 1 saturated heterocycles. The summed E-state index contributed by atoms with van der Waals surface area (Å²) < 4.78 is 13.5. The van der Waals surface area contributed by atoms with Gasteiger partial charge in [0, 0.05) is 29.7 Å². The van der Waals surface area contributed by atoms with Gasteiger partial charge < -0.3 is 10.2 Å². The van der Waals surface area contributed by atoms with Crippen LogP contribution in [0.5, 0.6) is 0 Å². The minimum atomic E-state index is -0.398. The molecular weight excluding hydrogens is 375 g/mol. The molecule has 0 aromatic heterocycles. The zero-order valence-electron chi connectivity index (χ0n) is 12.9. The van der Waals surface area contributed by atoms with E-state index in [0.29, 0.717) is 23.0 Å². The van der Waals surface area contributed by atoms with E-state index in [1.54, 1.807) is 4.90 Å². The predicted octanol–water partition coefficient (Wildman–Crippen LogP) is 3.65. The highest BCUT2D eigenvalue weighted by Crippen LogP contribution is 2.22. The molecule has 2 aromatic carbocycles. The van der Waals surface area contributed by atoms with Crippen molar-refractivity contribution in [3.63, 3.8) is 0 Å². The van der Waals surface area contributed by atoms with E-state index in [-0.39, 0.29) is 11.8 Å². The number of benzene rings is 2.